The van der Waals surface area contributed by atoms with Gasteiger partial charge in [0.2, 0.25) is 0 Å². The van der Waals surface area contributed by atoms with Gasteiger partial charge in [0, 0.05) is 17.6 Å². The molecule has 1 saturated heterocycles. The average molecular weight is 313 g/mol. The molecule has 1 heterocycles. The highest BCUT2D eigenvalue weighted by molar-refractivity contribution is 6.31. The molecule has 0 radical (unpaired) electrons. The van der Waals surface area contributed by atoms with Crippen LogP contribution in [0.5, 0.6) is 5.75 Å². The molecule has 1 atom stereocenters. The highest BCUT2D eigenvalue weighted by atomic mass is 35.5. The van der Waals surface area contributed by atoms with E-state index in [2.05, 4.69) is 17.3 Å². The highest BCUT2D eigenvalue weighted by Crippen LogP contribution is 2.21. The monoisotopic (exact) mass is 312 g/mol. The molecule has 0 saturated carbocycles. The molecule has 1 aromatic carbocycles. The Labute approximate surface area is 132 Å². The number of hydrogen-bond donors (Lipinski definition) is 2. The average Bonchev–Trinajstić information content (AvgIpc) is 2.48. The third-order valence-electron chi connectivity index (χ3n) is 3.93. The highest BCUT2D eigenvalue weighted by Gasteiger charge is 2.17. The molecule has 0 aromatic heterocycles. The number of nitrogens with one attached hydrogen (secondary N) is 1. The van der Waals surface area contributed by atoms with Crippen molar-refractivity contribution in [3.8, 4) is 5.75 Å². The molecular weight excluding hydrogens is 288 g/mol. The predicted molar refractivity (Wildman–Crippen MR) is 86.2 cm³/mol. The van der Waals surface area contributed by atoms with E-state index in [0.29, 0.717) is 19.2 Å². The van der Waals surface area contributed by atoms with E-state index in [1.54, 1.807) is 0 Å². The second kappa shape index (κ2) is 7.99. The second-order valence-corrected chi connectivity index (χ2v) is 6.27. The summed E-state index contributed by atoms with van der Waals surface area (Å²) in [6.07, 6.45) is 1.78. The van der Waals surface area contributed by atoms with E-state index in [4.69, 9.17) is 16.3 Å². The summed E-state index contributed by atoms with van der Waals surface area (Å²) >= 11 is 5.97. The van der Waals surface area contributed by atoms with E-state index < -0.39 is 6.10 Å². The minimum atomic E-state index is -0.499. The molecule has 1 aromatic rings. The number of aliphatic hydroxyl groups is 1. The first-order valence-electron chi connectivity index (χ1n) is 7.53. The normalized spacial score (nSPS) is 18.7. The Balaban J connectivity index is 1.67. The smallest absolute Gasteiger partial charge is 0.119 e. The molecule has 4 nitrogen and oxygen atoms in total. The van der Waals surface area contributed by atoms with Crippen molar-refractivity contribution in [1.29, 1.82) is 0 Å². The SMILES string of the molecule is Cc1cc(OCC(O)CNC2CCN(C)CC2)ccc1Cl. The largest absolute Gasteiger partial charge is 0.491 e. The van der Waals surface area contributed by atoms with E-state index in [-0.39, 0.29) is 0 Å². The Kier molecular flexibility index (Phi) is 6.30. The standard InChI is InChI=1S/C16H25ClN2O2/c1-12-9-15(3-4-16(12)17)21-11-14(20)10-18-13-5-7-19(2)8-6-13/h3-4,9,13-14,18,20H,5-8,10-11H2,1-2H3. The third kappa shape index (κ3) is 5.47. The van der Waals surface area contributed by atoms with Crippen LogP contribution in [-0.4, -0.2) is 55.4 Å². The zero-order chi connectivity index (χ0) is 15.2. The van der Waals surface area contributed by atoms with Crippen molar-refractivity contribution in [3.05, 3.63) is 28.8 Å². The number of piperidine rings is 1. The van der Waals surface area contributed by atoms with Gasteiger partial charge in [-0.2, -0.15) is 0 Å². The van der Waals surface area contributed by atoms with Crippen molar-refractivity contribution in [2.45, 2.75) is 31.9 Å². The van der Waals surface area contributed by atoms with Gasteiger partial charge in [-0.1, -0.05) is 11.6 Å². The lowest BCUT2D eigenvalue weighted by atomic mass is 10.1. The van der Waals surface area contributed by atoms with Crippen LogP contribution >= 0.6 is 11.6 Å². The number of aryl methyl sites for hydroxylation is 1. The number of benzene rings is 1. The second-order valence-electron chi connectivity index (χ2n) is 5.86. The van der Waals surface area contributed by atoms with Gasteiger partial charge in [-0.25, -0.2) is 0 Å². The molecule has 1 unspecified atom stereocenters. The summed E-state index contributed by atoms with van der Waals surface area (Å²) < 4.78 is 5.60. The molecular formula is C16H25ClN2O2. The van der Waals surface area contributed by atoms with Gasteiger partial charge in [-0.3, -0.25) is 0 Å². The minimum Gasteiger partial charge on any atom is -0.491 e. The lowest BCUT2D eigenvalue weighted by Crippen LogP contribution is -2.44. The van der Waals surface area contributed by atoms with Crippen LogP contribution in [0.4, 0.5) is 0 Å². The van der Waals surface area contributed by atoms with Crippen molar-refractivity contribution in [2.75, 3.05) is 33.3 Å². The summed E-state index contributed by atoms with van der Waals surface area (Å²) in [5, 5.41) is 14.1. The zero-order valence-corrected chi connectivity index (χ0v) is 13.6. The first-order chi connectivity index (χ1) is 10.0. The van der Waals surface area contributed by atoms with Crippen LogP contribution in [0.1, 0.15) is 18.4 Å². The van der Waals surface area contributed by atoms with Gasteiger partial charge in [-0.05, 0) is 63.7 Å². The number of nitrogens with zero attached hydrogens (tertiary/aromatic N) is 1. The van der Waals surface area contributed by atoms with Gasteiger partial charge < -0.3 is 20.1 Å². The van der Waals surface area contributed by atoms with Gasteiger partial charge >= 0.3 is 0 Å². The number of ether oxygens (including phenoxy) is 1. The lowest BCUT2D eigenvalue weighted by molar-refractivity contribution is 0.0995. The summed E-state index contributed by atoms with van der Waals surface area (Å²) in [7, 11) is 2.15. The van der Waals surface area contributed by atoms with Crippen molar-refractivity contribution in [3.63, 3.8) is 0 Å². The van der Waals surface area contributed by atoms with Crippen LogP contribution in [-0.2, 0) is 0 Å². The first kappa shape index (κ1) is 16.6. The molecule has 118 valence electrons. The fourth-order valence-electron chi connectivity index (χ4n) is 2.47. The number of hydrogen-bond acceptors (Lipinski definition) is 4. The number of aliphatic hydroxyl groups excluding tert-OH is 1. The maximum absolute atomic E-state index is 9.99. The van der Waals surface area contributed by atoms with Gasteiger partial charge in [0.1, 0.15) is 18.5 Å². The van der Waals surface area contributed by atoms with Crippen LogP contribution < -0.4 is 10.1 Å². The maximum Gasteiger partial charge on any atom is 0.119 e. The Morgan fingerprint density at radius 3 is 2.81 bits per heavy atom. The van der Waals surface area contributed by atoms with Crippen LogP contribution in [0.3, 0.4) is 0 Å². The van der Waals surface area contributed by atoms with E-state index in [1.165, 1.54) is 0 Å². The minimum absolute atomic E-state index is 0.292. The van der Waals surface area contributed by atoms with Crippen molar-refractivity contribution in [2.24, 2.45) is 0 Å². The maximum atomic E-state index is 9.99. The quantitative estimate of drug-likeness (QED) is 0.844. The molecule has 21 heavy (non-hydrogen) atoms. The van der Waals surface area contributed by atoms with E-state index >= 15 is 0 Å². The number of halogens is 1. The Morgan fingerprint density at radius 2 is 2.14 bits per heavy atom. The van der Waals surface area contributed by atoms with Crippen LogP contribution in [0.25, 0.3) is 0 Å². The van der Waals surface area contributed by atoms with Gasteiger partial charge in [0.05, 0.1) is 0 Å². The molecule has 1 aliphatic heterocycles. The molecule has 0 bridgehead atoms. The summed E-state index contributed by atoms with van der Waals surface area (Å²) in [5.41, 5.74) is 0.980. The van der Waals surface area contributed by atoms with Gasteiger partial charge in [-0.15, -0.1) is 0 Å². The molecule has 1 aliphatic rings. The van der Waals surface area contributed by atoms with Crippen molar-refractivity contribution in [1.82, 2.24) is 10.2 Å². The van der Waals surface area contributed by atoms with Crippen LogP contribution in [0.2, 0.25) is 5.02 Å². The summed E-state index contributed by atoms with van der Waals surface area (Å²) in [6.45, 7) is 5.04. The molecule has 0 amide bonds. The summed E-state index contributed by atoms with van der Waals surface area (Å²) in [6, 6.07) is 6.04. The van der Waals surface area contributed by atoms with E-state index in [9.17, 15) is 5.11 Å². The zero-order valence-electron chi connectivity index (χ0n) is 12.8. The number of likely N-dealkylation sites (tertiary alicyclic amines) is 1. The Hall–Kier alpha value is -0.810. The van der Waals surface area contributed by atoms with Crippen molar-refractivity contribution < 1.29 is 9.84 Å². The molecule has 1 fully saturated rings. The number of rotatable bonds is 6. The Bertz CT molecular complexity index is 448. The third-order valence-corrected chi connectivity index (χ3v) is 4.36. The first-order valence-corrected chi connectivity index (χ1v) is 7.91. The summed E-state index contributed by atoms with van der Waals surface area (Å²) in [4.78, 5) is 2.33. The summed E-state index contributed by atoms with van der Waals surface area (Å²) in [5.74, 6) is 0.746. The topological polar surface area (TPSA) is 44.7 Å². The molecule has 2 rings (SSSR count). The molecule has 5 heteroatoms. The molecule has 2 N–H and O–H groups in total. The molecule has 0 spiro atoms. The van der Waals surface area contributed by atoms with E-state index in [1.807, 2.05) is 25.1 Å². The predicted octanol–water partition coefficient (Wildman–Crippen LogP) is 2.07. The van der Waals surface area contributed by atoms with Gasteiger partial charge in [0.15, 0.2) is 0 Å². The van der Waals surface area contributed by atoms with Crippen LogP contribution in [0.15, 0.2) is 18.2 Å². The van der Waals surface area contributed by atoms with E-state index in [0.717, 1.165) is 42.3 Å². The van der Waals surface area contributed by atoms with Crippen molar-refractivity contribution >= 4 is 11.6 Å². The lowest BCUT2D eigenvalue weighted by Gasteiger charge is -2.30. The fourth-order valence-corrected chi connectivity index (χ4v) is 2.59. The fraction of sp³-hybridized carbons (Fsp3) is 0.625. The van der Waals surface area contributed by atoms with Crippen LogP contribution in [0, 0.1) is 6.92 Å². The molecule has 0 aliphatic carbocycles. The van der Waals surface area contributed by atoms with Gasteiger partial charge in [0.25, 0.3) is 0 Å². The Morgan fingerprint density at radius 1 is 1.43 bits per heavy atom.